The minimum atomic E-state index is -1.44. The summed E-state index contributed by atoms with van der Waals surface area (Å²) in [5.74, 6) is -5.20. The van der Waals surface area contributed by atoms with Gasteiger partial charge in [0.2, 0.25) is 11.8 Å². The molecule has 2 heterocycles. The molecule has 2 aliphatic heterocycles. The number of Topliss-reactive ketones (excluding diaryl/α,β-unsaturated/α-hetero) is 1. The molecular formula is C43H39N3O7. The van der Waals surface area contributed by atoms with Crippen LogP contribution >= 0.6 is 0 Å². The summed E-state index contributed by atoms with van der Waals surface area (Å²) in [6.07, 6.45) is 2.41. The van der Waals surface area contributed by atoms with Gasteiger partial charge in [0.05, 0.1) is 41.2 Å². The number of benzene rings is 4. The van der Waals surface area contributed by atoms with Crippen LogP contribution in [0, 0.1) is 30.6 Å². The highest BCUT2D eigenvalue weighted by Crippen LogP contribution is 2.64. The number of ether oxygens (including phenoxy) is 1. The van der Waals surface area contributed by atoms with Crippen molar-refractivity contribution in [1.82, 2.24) is 5.01 Å². The van der Waals surface area contributed by atoms with Crippen LogP contribution in [0.1, 0.15) is 59.7 Å². The summed E-state index contributed by atoms with van der Waals surface area (Å²) in [7, 11) is 0. The third-order valence-corrected chi connectivity index (χ3v) is 11.5. The molecule has 0 bridgehead atoms. The van der Waals surface area contributed by atoms with E-state index in [0.717, 1.165) is 16.1 Å². The third kappa shape index (κ3) is 5.18. The highest BCUT2D eigenvalue weighted by molar-refractivity contribution is 6.22. The van der Waals surface area contributed by atoms with Gasteiger partial charge in [-0.15, -0.1) is 0 Å². The second-order valence-corrected chi connectivity index (χ2v) is 14.4. The van der Waals surface area contributed by atoms with Crippen LogP contribution in [0.4, 0.5) is 11.4 Å². The number of phenolic OH excluding ortho intramolecular Hbond substituents is 1. The predicted molar refractivity (Wildman–Crippen MR) is 197 cm³/mol. The number of nitrogens with one attached hydrogen (secondary N) is 1. The Labute approximate surface area is 307 Å². The molecule has 8 rings (SSSR count). The number of imide groups is 2. The SMILES string of the molecule is CCOc1cc([C@H]2C3=CC[C@@H]4C(=O)N(c5ccc(C(C)=O)cc5)C(=O)[C@@H]4[C@@H]3C[C@H]3C(=O)N(Nc4ccc(C)cc4)C(=O)[C@@]23c2ccccc2)ccc1O. The minimum Gasteiger partial charge on any atom is -0.504 e. The zero-order chi connectivity index (χ0) is 37.2. The number of nitrogens with zero attached hydrogens (tertiary/aromatic N) is 2. The molecule has 0 aromatic heterocycles. The summed E-state index contributed by atoms with van der Waals surface area (Å²) >= 11 is 0. The van der Waals surface area contributed by atoms with E-state index in [1.54, 1.807) is 36.4 Å². The van der Waals surface area contributed by atoms with Crippen LogP contribution in [-0.4, -0.2) is 46.1 Å². The number of carbonyl (C=O) groups excluding carboxylic acids is 5. The summed E-state index contributed by atoms with van der Waals surface area (Å²) in [4.78, 5) is 72.0. The molecule has 4 aromatic carbocycles. The molecule has 4 amide bonds. The van der Waals surface area contributed by atoms with E-state index >= 15 is 4.79 Å². The molecule has 10 heteroatoms. The first kappa shape index (κ1) is 34.1. The van der Waals surface area contributed by atoms with E-state index in [2.05, 4.69) is 5.43 Å². The van der Waals surface area contributed by atoms with E-state index in [9.17, 15) is 24.3 Å². The van der Waals surface area contributed by atoms with Crippen molar-refractivity contribution in [3.8, 4) is 11.5 Å². The molecule has 2 aliphatic carbocycles. The molecule has 0 radical (unpaired) electrons. The lowest BCUT2D eigenvalue weighted by Gasteiger charge is -2.50. The lowest BCUT2D eigenvalue weighted by molar-refractivity contribution is -0.138. The Kier molecular flexibility index (Phi) is 8.28. The molecule has 6 atom stereocenters. The Bertz CT molecular complexity index is 2200. The number of rotatable bonds is 8. The molecule has 4 aromatic rings. The molecule has 0 unspecified atom stereocenters. The number of aromatic hydroxyl groups is 1. The van der Waals surface area contributed by atoms with Gasteiger partial charge in [-0.05, 0) is 99.2 Å². The number of anilines is 2. The zero-order valence-corrected chi connectivity index (χ0v) is 29.6. The smallest absolute Gasteiger partial charge is 0.260 e. The third-order valence-electron chi connectivity index (χ3n) is 11.5. The standard InChI is InChI=1S/C43H39N3O7/c1-4-53-36-22-27(14-21-35(36)48)38-31-19-20-32-37(41(51)45(39(32)49)30-17-12-26(13-18-30)25(3)47)33(31)23-34-40(50)46(44-29-15-10-24(2)11-16-29)42(52)43(34,38)28-8-6-5-7-9-28/h5-19,21-22,32-34,37-38,44,48H,4,20,23H2,1-3H3/t32-,33+,34-,37-,38-,43+/m0/s1. The predicted octanol–water partition coefficient (Wildman–Crippen LogP) is 6.49. The first-order valence-corrected chi connectivity index (χ1v) is 18.0. The van der Waals surface area contributed by atoms with Gasteiger partial charge >= 0.3 is 0 Å². The van der Waals surface area contributed by atoms with Crippen molar-refractivity contribution in [1.29, 1.82) is 0 Å². The van der Waals surface area contributed by atoms with Crippen molar-refractivity contribution in [3.05, 3.63) is 131 Å². The monoisotopic (exact) mass is 709 g/mol. The number of hydrogen-bond acceptors (Lipinski definition) is 8. The maximum absolute atomic E-state index is 15.3. The molecule has 0 spiro atoms. The van der Waals surface area contributed by atoms with Gasteiger partial charge in [-0.2, -0.15) is 5.01 Å². The van der Waals surface area contributed by atoms with Crippen molar-refractivity contribution < 1.29 is 33.8 Å². The quantitative estimate of drug-likeness (QED) is 0.121. The number of hydrazine groups is 1. The number of fused-ring (bicyclic) bond motifs is 4. The lowest BCUT2D eigenvalue weighted by Crippen LogP contribution is -2.53. The van der Waals surface area contributed by atoms with Crippen LogP contribution in [0.15, 0.2) is 109 Å². The zero-order valence-electron chi connectivity index (χ0n) is 29.6. The maximum atomic E-state index is 15.3. The van der Waals surface area contributed by atoms with Crippen LogP contribution in [0.25, 0.3) is 0 Å². The van der Waals surface area contributed by atoms with Gasteiger partial charge in [0.25, 0.3) is 11.8 Å². The first-order valence-electron chi connectivity index (χ1n) is 18.0. The van der Waals surface area contributed by atoms with Gasteiger partial charge in [-0.3, -0.25) is 34.3 Å². The fourth-order valence-electron chi connectivity index (χ4n) is 9.20. The van der Waals surface area contributed by atoms with Crippen LogP contribution < -0.4 is 15.1 Å². The van der Waals surface area contributed by atoms with Crippen LogP contribution in [0.5, 0.6) is 11.5 Å². The molecule has 3 fully saturated rings. The molecule has 268 valence electrons. The van der Waals surface area contributed by atoms with Crippen LogP contribution in [-0.2, 0) is 24.6 Å². The van der Waals surface area contributed by atoms with Crippen molar-refractivity contribution >= 4 is 40.8 Å². The molecule has 2 N–H and O–H groups in total. The number of phenols is 1. The molecule has 4 aliphatic rings. The minimum absolute atomic E-state index is 0.0644. The topological polar surface area (TPSA) is 133 Å². The maximum Gasteiger partial charge on any atom is 0.260 e. The summed E-state index contributed by atoms with van der Waals surface area (Å²) < 4.78 is 5.83. The second kappa shape index (κ2) is 12.9. The van der Waals surface area contributed by atoms with Gasteiger partial charge < -0.3 is 9.84 Å². The Morgan fingerprint density at radius 2 is 1.60 bits per heavy atom. The number of ketones is 1. The van der Waals surface area contributed by atoms with Crippen molar-refractivity contribution in [2.75, 3.05) is 16.9 Å². The van der Waals surface area contributed by atoms with Crippen LogP contribution in [0.3, 0.4) is 0 Å². The number of carbonyl (C=O) groups is 5. The average molecular weight is 710 g/mol. The van der Waals surface area contributed by atoms with Crippen molar-refractivity contribution in [3.63, 3.8) is 0 Å². The number of hydrogen-bond donors (Lipinski definition) is 2. The Morgan fingerprint density at radius 1 is 0.887 bits per heavy atom. The van der Waals surface area contributed by atoms with Gasteiger partial charge in [0.15, 0.2) is 17.3 Å². The fourth-order valence-corrected chi connectivity index (χ4v) is 9.20. The second-order valence-electron chi connectivity index (χ2n) is 14.4. The Hall–Kier alpha value is -6.03. The van der Waals surface area contributed by atoms with Gasteiger partial charge in [-0.25, -0.2) is 0 Å². The lowest BCUT2D eigenvalue weighted by atomic mass is 9.49. The van der Waals surface area contributed by atoms with Crippen molar-refractivity contribution in [2.24, 2.45) is 23.7 Å². The van der Waals surface area contributed by atoms with E-state index in [1.165, 1.54) is 17.9 Å². The average Bonchev–Trinajstić information content (AvgIpc) is 3.54. The van der Waals surface area contributed by atoms with Crippen LogP contribution in [0.2, 0.25) is 0 Å². The highest BCUT2D eigenvalue weighted by atomic mass is 16.5. The van der Waals surface area contributed by atoms with Crippen molar-refractivity contribution in [2.45, 2.75) is 44.9 Å². The molecular weight excluding hydrogens is 670 g/mol. The van der Waals surface area contributed by atoms with Gasteiger partial charge in [-0.1, -0.05) is 65.7 Å². The Morgan fingerprint density at radius 3 is 2.28 bits per heavy atom. The first-order chi connectivity index (χ1) is 25.6. The molecule has 2 saturated heterocycles. The summed E-state index contributed by atoms with van der Waals surface area (Å²) in [6, 6.07) is 28.1. The van der Waals surface area contributed by atoms with Gasteiger partial charge in [0, 0.05) is 11.5 Å². The van der Waals surface area contributed by atoms with E-state index in [-0.39, 0.29) is 48.5 Å². The Balaban J connectivity index is 1.30. The largest absolute Gasteiger partial charge is 0.504 e. The highest BCUT2D eigenvalue weighted by Gasteiger charge is 2.70. The van der Waals surface area contributed by atoms with E-state index in [0.29, 0.717) is 28.1 Å². The summed E-state index contributed by atoms with van der Waals surface area (Å²) in [5, 5.41) is 11.9. The van der Waals surface area contributed by atoms with E-state index in [1.807, 2.05) is 74.5 Å². The normalized spacial score (nSPS) is 26.2. The molecule has 53 heavy (non-hydrogen) atoms. The molecule has 1 saturated carbocycles. The number of aryl methyl sites for hydroxylation is 1. The summed E-state index contributed by atoms with van der Waals surface area (Å²) in [6.45, 7) is 5.50. The number of amides is 4. The molecule has 10 nitrogen and oxygen atoms in total. The fraction of sp³-hybridized carbons (Fsp3) is 0.279. The van der Waals surface area contributed by atoms with Gasteiger partial charge in [0.1, 0.15) is 0 Å². The summed E-state index contributed by atoms with van der Waals surface area (Å²) in [5.41, 5.74) is 6.19. The van der Waals surface area contributed by atoms with E-state index in [4.69, 9.17) is 4.74 Å². The van der Waals surface area contributed by atoms with E-state index < -0.39 is 46.8 Å². The number of allylic oxidation sites excluding steroid dienone is 2.